The molecule has 1 N–H and O–H groups in total. The SMILES string of the molecule is COC(=O)C1CNC(Cc2ccccc2)C2(CCCC2)C1=O. The average molecular weight is 301 g/mol. The Bertz CT molecular complexity index is 549. The number of ketones is 1. The van der Waals surface area contributed by atoms with Gasteiger partial charge in [0.15, 0.2) is 5.78 Å². The summed E-state index contributed by atoms with van der Waals surface area (Å²) in [6, 6.07) is 10.4. The lowest BCUT2D eigenvalue weighted by atomic mass is 9.66. The van der Waals surface area contributed by atoms with Crippen molar-refractivity contribution < 1.29 is 14.3 Å². The van der Waals surface area contributed by atoms with Crippen LogP contribution in [0.5, 0.6) is 0 Å². The van der Waals surface area contributed by atoms with E-state index < -0.39 is 17.3 Å². The van der Waals surface area contributed by atoms with Gasteiger partial charge in [0.2, 0.25) is 0 Å². The highest BCUT2D eigenvalue weighted by molar-refractivity contribution is 6.03. The van der Waals surface area contributed by atoms with Crippen LogP contribution in [0, 0.1) is 11.3 Å². The standard InChI is InChI=1S/C18H23NO3/c1-22-17(21)14-12-19-15(11-13-7-3-2-4-8-13)18(16(14)20)9-5-6-10-18/h2-4,7-8,14-15,19H,5-6,9-12H2,1H3. The summed E-state index contributed by atoms with van der Waals surface area (Å²) in [5.74, 6) is -0.950. The Labute approximate surface area is 131 Å². The van der Waals surface area contributed by atoms with Crippen LogP contribution < -0.4 is 5.32 Å². The quantitative estimate of drug-likeness (QED) is 0.686. The molecule has 1 aliphatic heterocycles. The molecule has 1 heterocycles. The fourth-order valence-electron chi connectivity index (χ4n) is 4.12. The zero-order valence-electron chi connectivity index (χ0n) is 13.0. The van der Waals surface area contributed by atoms with Crippen LogP contribution >= 0.6 is 0 Å². The van der Waals surface area contributed by atoms with Crippen molar-refractivity contribution >= 4 is 11.8 Å². The van der Waals surface area contributed by atoms with E-state index in [0.29, 0.717) is 6.54 Å². The number of esters is 1. The van der Waals surface area contributed by atoms with Crippen LogP contribution in [0.15, 0.2) is 30.3 Å². The first kappa shape index (κ1) is 15.2. The van der Waals surface area contributed by atoms with E-state index in [0.717, 1.165) is 32.1 Å². The highest BCUT2D eigenvalue weighted by Gasteiger charge is 2.54. The number of carbonyl (C=O) groups is 2. The molecule has 1 aromatic rings. The van der Waals surface area contributed by atoms with Gasteiger partial charge in [-0.05, 0) is 24.8 Å². The molecule has 0 bridgehead atoms. The summed E-state index contributed by atoms with van der Waals surface area (Å²) in [7, 11) is 1.35. The Balaban J connectivity index is 1.85. The molecule has 1 aliphatic carbocycles. The minimum atomic E-state index is -0.643. The molecule has 0 amide bonds. The number of piperidine rings is 1. The third-order valence-corrected chi connectivity index (χ3v) is 5.31. The van der Waals surface area contributed by atoms with Gasteiger partial charge in [-0.3, -0.25) is 9.59 Å². The number of benzene rings is 1. The smallest absolute Gasteiger partial charge is 0.317 e. The van der Waals surface area contributed by atoms with Crippen molar-refractivity contribution in [1.82, 2.24) is 5.32 Å². The molecule has 3 rings (SSSR count). The topological polar surface area (TPSA) is 55.4 Å². The Morgan fingerprint density at radius 2 is 1.95 bits per heavy atom. The highest BCUT2D eigenvalue weighted by Crippen LogP contribution is 2.46. The number of hydrogen-bond donors (Lipinski definition) is 1. The first-order valence-electron chi connectivity index (χ1n) is 8.07. The van der Waals surface area contributed by atoms with Gasteiger partial charge < -0.3 is 10.1 Å². The predicted molar refractivity (Wildman–Crippen MR) is 83.4 cm³/mol. The van der Waals surface area contributed by atoms with E-state index in [-0.39, 0.29) is 11.8 Å². The molecule has 4 heteroatoms. The van der Waals surface area contributed by atoms with E-state index in [1.165, 1.54) is 12.7 Å². The van der Waals surface area contributed by atoms with Gasteiger partial charge in [-0.2, -0.15) is 0 Å². The zero-order valence-corrected chi connectivity index (χ0v) is 13.0. The van der Waals surface area contributed by atoms with E-state index in [1.807, 2.05) is 18.2 Å². The molecule has 1 spiro atoms. The summed E-state index contributed by atoms with van der Waals surface area (Å²) >= 11 is 0. The van der Waals surface area contributed by atoms with Gasteiger partial charge in [0.25, 0.3) is 0 Å². The molecule has 0 aromatic heterocycles. The fraction of sp³-hybridized carbons (Fsp3) is 0.556. The summed E-state index contributed by atoms with van der Waals surface area (Å²) in [6.07, 6.45) is 4.72. The molecular weight excluding hydrogens is 278 g/mol. The molecule has 22 heavy (non-hydrogen) atoms. The molecule has 1 aromatic carbocycles. The minimum Gasteiger partial charge on any atom is -0.468 e. The average Bonchev–Trinajstić information content (AvgIpc) is 3.03. The summed E-state index contributed by atoms with van der Waals surface area (Å²) in [4.78, 5) is 24.9. The summed E-state index contributed by atoms with van der Waals surface area (Å²) in [6.45, 7) is 0.394. The Morgan fingerprint density at radius 3 is 2.59 bits per heavy atom. The first-order valence-corrected chi connectivity index (χ1v) is 8.07. The van der Waals surface area contributed by atoms with Crippen LogP contribution in [-0.2, 0) is 20.7 Å². The molecular formula is C18H23NO3. The third kappa shape index (κ3) is 2.56. The van der Waals surface area contributed by atoms with Crippen molar-refractivity contribution in [3.05, 3.63) is 35.9 Å². The van der Waals surface area contributed by atoms with E-state index in [1.54, 1.807) is 0 Å². The van der Waals surface area contributed by atoms with Crippen LogP contribution in [0.25, 0.3) is 0 Å². The maximum Gasteiger partial charge on any atom is 0.317 e. The van der Waals surface area contributed by atoms with Crippen molar-refractivity contribution in [3.63, 3.8) is 0 Å². The van der Waals surface area contributed by atoms with Gasteiger partial charge in [-0.15, -0.1) is 0 Å². The number of ether oxygens (including phenoxy) is 1. The monoisotopic (exact) mass is 301 g/mol. The van der Waals surface area contributed by atoms with Crippen LogP contribution in [0.3, 0.4) is 0 Å². The van der Waals surface area contributed by atoms with Crippen molar-refractivity contribution in [1.29, 1.82) is 0 Å². The van der Waals surface area contributed by atoms with Crippen LogP contribution in [0.2, 0.25) is 0 Å². The van der Waals surface area contributed by atoms with Gasteiger partial charge >= 0.3 is 5.97 Å². The second-order valence-corrected chi connectivity index (χ2v) is 6.45. The zero-order chi connectivity index (χ0) is 15.6. The highest BCUT2D eigenvalue weighted by atomic mass is 16.5. The van der Waals surface area contributed by atoms with Crippen LogP contribution in [0.1, 0.15) is 31.2 Å². The van der Waals surface area contributed by atoms with Gasteiger partial charge in [-0.25, -0.2) is 0 Å². The van der Waals surface area contributed by atoms with Crippen molar-refractivity contribution in [2.75, 3.05) is 13.7 Å². The number of carbonyl (C=O) groups excluding carboxylic acids is 2. The lowest BCUT2D eigenvalue weighted by Gasteiger charge is -2.43. The number of methoxy groups -OCH3 is 1. The minimum absolute atomic E-state index is 0.0940. The summed E-state index contributed by atoms with van der Waals surface area (Å²) in [5, 5.41) is 3.47. The molecule has 0 radical (unpaired) electrons. The van der Waals surface area contributed by atoms with Crippen molar-refractivity contribution in [2.24, 2.45) is 11.3 Å². The Hall–Kier alpha value is -1.68. The summed E-state index contributed by atoms with van der Waals surface area (Å²) in [5.41, 5.74) is 0.836. The molecule has 1 saturated carbocycles. The maximum absolute atomic E-state index is 13.0. The molecule has 118 valence electrons. The number of rotatable bonds is 3. The molecule has 1 saturated heterocycles. The van der Waals surface area contributed by atoms with Gasteiger partial charge in [0.1, 0.15) is 5.92 Å². The number of nitrogens with one attached hydrogen (secondary N) is 1. The first-order chi connectivity index (χ1) is 10.7. The molecule has 2 fully saturated rings. The molecule has 4 nitrogen and oxygen atoms in total. The van der Waals surface area contributed by atoms with Gasteiger partial charge in [-0.1, -0.05) is 43.2 Å². The van der Waals surface area contributed by atoms with Gasteiger partial charge in [0.05, 0.1) is 7.11 Å². The molecule has 2 unspecified atom stereocenters. The Kier molecular flexibility index (Phi) is 4.30. The lowest BCUT2D eigenvalue weighted by Crippen LogP contribution is -2.60. The van der Waals surface area contributed by atoms with Crippen LogP contribution in [-0.4, -0.2) is 31.4 Å². The second kappa shape index (κ2) is 6.21. The third-order valence-electron chi connectivity index (χ3n) is 5.31. The van der Waals surface area contributed by atoms with E-state index >= 15 is 0 Å². The fourth-order valence-corrected chi connectivity index (χ4v) is 4.12. The van der Waals surface area contributed by atoms with Crippen molar-refractivity contribution in [2.45, 2.75) is 38.1 Å². The van der Waals surface area contributed by atoms with Gasteiger partial charge in [0, 0.05) is 18.0 Å². The van der Waals surface area contributed by atoms with E-state index in [2.05, 4.69) is 17.4 Å². The molecule has 2 atom stereocenters. The molecule has 2 aliphatic rings. The number of hydrogen-bond acceptors (Lipinski definition) is 4. The van der Waals surface area contributed by atoms with E-state index in [4.69, 9.17) is 4.74 Å². The Morgan fingerprint density at radius 1 is 1.27 bits per heavy atom. The van der Waals surface area contributed by atoms with Crippen LogP contribution in [0.4, 0.5) is 0 Å². The normalized spacial score (nSPS) is 27.0. The second-order valence-electron chi connectivity index (χ2n) is 6.45. The maximum atomic E-state index is 13.0. The predicted octanol–water partition coefficient (Wildman–Crippen LogP) is 2.12. The number of Topliss-reactive ketones (excluding diaryl/α,β-unsaturated/α-hetero) is 1. The van der Waals surface area contributed by atoms with Crippen molar-refractivity contribution in [3.8, 4) is 0 Å². The summed E-state index contributed by atoms with van der Waals surface area (Å²) < 4.78 is 4.82. The largest absolute Gasteiger partial charge is 0.468 e. The lowest BCUT2D eigenvalue weighted by molar-refractivity contribution is -0.155. The van der Waals surface area contributed by atoms with E-state index in [9.17, 15) is 9.59 Å².